The van der Waals surface area contributed by atoms with Gasteiger partial charge in [-0.15, -0.1) is 6.58 Å². The van der Waals surface area contributed by atoms with Gasteiger partial charge in [-0.1, -0.05) is 80.0 Å². The van der Waals surface area contributed by atoms with E-state index in [-0.39, 0.29) is 0 Å². The minimum Gasteiger partial charge on any atom is -0.103 e. The summed E-state index contributed by atoms with van der Waals surface area (Å²) in [4.78, 5) is 0. The normalized spacial score (nSPS) is 5.40. The van der Waals surface area contributed by atoms with Gasteiger partial charge >= 0.3 is 0 Å². The van der Waals surface area contributed by atoms with Crippen LogP contribution in [0.15, 0.2) is 24.8 Å². The van der Waals surface area contributed by atoms with Crippen LogP contribution in [0.5, 0.6) is 0 Å². The Labute approximate surface area is 100 Å². The van der Waals surface area contributed by atoms with E-state index >= 15 is 0 Å². The maximum Gasteiger partial charge on any atom is -0.0147 e. The lowest BCUT2D eigenvalue weighted by Crippen LogP contribution is -1.61. The highest BCUT2D eigenvalue weighted by molar-refractivity contribution is 4.94. The Morgan fingerprint density at radius 3 is 1.13 bits per heavy atom. The quantitative estimate of drug-likeness (QED) is 0.454. The first-order valence-electron chi connectivity index (χ1n) is 6.44. The first-order chi connectivity index (χ1) is 7.18. The maximum absolute atomic E-state index is 3.67. The molecule has 0 heteroatoms. The summed E-state index contributed by atoms with van der Waals surface area (Å²) in [5.74, 6) is 0. The van der Waals surface area contributed by atoms with Gasteiger partial charge in [0.25, 0.3) is 0 Å². The molecule has 0 radical (unpaired) electrons. The van der Waals surface area contributed by atoms with E-state index in [9.17, 15) is 0 Å². The molecule has 0 nitrogen and oxygen atoms in total. The van der Waals surface area contributed by atoms with E-state index in [1.807, 2.05) is 54.5 Å². The number of rotatable bonds is 2. The fourth-order valence-electron chi connectivity index (χ4n) is 0.246. The van der Waals surface area contributed by atoms with Gasteiger partial charge in [-0.3, -0.25) is 0 Å². The van der Waals surface area contributed by atoms with Gasteiger partial charge in [-0.05, 0) is 13.3 Å². The Morgan fingerprint density at radius 2 is 1.13 bits per heavy atom. The molecule has 0 atom stereocenters. The summed E-state index contributed by atoms with van der Waals surface area (Å²) in [6.45, 7) is 25.5. The number of hydrogen-bond acceptors (Lipinski definition) is 0. The predicted octanol–water partition coefficient (Wildman–Crippen LogP) is 6.63. The summed E-state index contributed by atoms with van der Waals surface area (Å²) in [6, 6.07) is 0. The van der Waals surface area contributed by atoms with E-state index in [1.165, 1.54) is 12.0 Å². The van der Waals surface area contributed by atoms with Crippen molar-refractivity contribution in [2.24, 2.45) is 0 Å². The summed E-state index contributed by atoms with van der Waals surface area (Å²) in [6.07, 6.45) is 4.04. The highest BCUT2D eigenvalue weighted by Gasteiger charge is 1.71. The Kier molecular flexibility index (Phi) is 136. The maximum atomic E-state index is 3.67. The lowest BCUT2D eigenvalue weighted by molar-refractivity contribution is 1.09. The molecule has 0 rings (SSSR count). The average Bonchev–Trinajstić information content (AvgIpc) is 2.27. The van der Waals surface area contributed by atoms with Crippen LogP contribution in [0.25, 0.3) is 0 Å². The van der Waals surface area contributed by atoms with Crippen molar-refractivity contribution < 1.29 is 0 Å². The summed E-state index contributed by atoms with van der Waals surface area (Å²) < 4.78 is 0. The van der Waals surface area contributed by atoms with Crippen molar-refractivity contribution >= 4 is 0 Å². The first kappa shape index (κ1) is 29.3. The van der Waals surface area contributed by atoms with Gasteiger partial charge in [0.2, 0.25) is 0 Å². The lowest BCUT2D eigenvalue weighted by atomic mass is 10.2. The van der Waals surface area contributed by atoms with Crippen LogP contribution in [0.1, 0.15) is 75.2 Å². The molecule has 0 amide bonds. The summed E-state index contributed by atoms with van der Waals surface area (Å²) in [5.41, 5.74) is 1.17. The van der Waals surface area contributed by atoms with Gasteiger partial charge < -0.3 is 0 Å². The molecule has 0 heterocycles. The van der Waals surface area contributed by atoms with E-state index in [2.05, 4.69) is 27.0 Å². The smallest absolute Gasteiger partial charge is 0.0147 e. The van der Waals surface area contributed by atoms with Crippen molar-refractivity contribution in [2.45, 2.75) is 75.2 Å². The molecule has 0 N–H and O–H groups in total. The van der Waals surface area contributed by atoms with Crippen molar-refractivity contribution in [1.29, 1.82) is 0 Å². The van der Waals surface area contributed by atoms with Gasteiger partial charge in [-0.25, -0.2) is 0 Å². The van der Waals surface area contributed by atoms with Crippen LogP contribution >= 0.6 is 0 Å². The molecule has 0 spiro atoms. The highest BCUT2D eigenvalue weighted by atomic mass is 13.8. The topological polar surface area (TPSA) is 0 Å². The zero-order valence-corrected chi connectivity index (χ0v) is 12.9. The van der Waals surface area contributed by atoms with Gasteiger partial charge in [0.05, 0.1) is 0 Å². The second-order valence-corrected chi connectivity index (χ2v) is 2.16. The fourth-order valence-corrected chi connectivity index (χ4v) is 0.246. The minimum absolute atomic E-state index is 0.944. The summed E-state index contributed by atoms with van der Waals surface area (Å²) >= 11 is 0. The van der Waals surface area contributed by atoms with Crippen molar-refractivity contribution in [3.8, 4) is 0 Å². The third kappa shape index (κ3) is 289. The standard InChI is InChI=1S/C6H10.C3H8.3C2H6/c1-4-5-6(2)3;1-3-2;3*1-2/h4H,1-2,5H2,3H3;3H2,1-2H3;3*1-2H3. The highest BCUT2D eigenvalue weighted by Crippen LogP contribution is 1.92. The third-order valence-electron chi connectivity index (χ3n) is 0.493. The summed E-state index contributed by atoms with van der Waals surface area (Å²) in [7, 11) is 0. The van der Waals surface area contributed by atoms with Crippen LogP contribution in [0, 0.1) is 0 Å². The Balaban J connectivity index is -0.0000000318. The molecule has 0 aromatic heterocycles. The Morgan fingerprint density at radius 1 is 0.933 bits per heavy atom. The van der Waals surface area contributed by atoms with Crippen LogP contribution < -0.4 is 0 Å². The molecular weight excluding hydrogens is 180 g/mol. The molecule has 0 fully saturated rings. The minimum atomic E-state index is 0.944. The average molecular weight is 216 g/mol. The van der Waals surface area contributed by atoms with Crippen LogP contribution in [0.3, 0.4) is 0 Å². The molecule has 0 saturated carbocycles. The van der Waals surface area contributed by atoms with Crippen molar-refractivity contribution in [2.75, 3.05) is 0 Å². The first-order valence-corrected chi connectivity index (χ1v) is 6.44. The fraction of sp³-hybridized carbons (Fsp3) is 0.733. The zero-order valence-electron chi connectivity index (χ0n) is 12.9. The van der Waals surface area contributed by atoms with E-state index < -0.39 is 0 Å². The molecule has 0 unspecified atom stereocenters. The Bertz CT molecular complexity index is 70.1. The molecule has 0 aliphatic heterocycles. The molecular formula is C15H36. The Hall–Kier alpha value is -0.520. The molecule has 0 bridgehead atoms. The van der Waals surface area contributed by atoms with Crippen LogP contribution in [0.4, 0.5) is 0 Å². The predicted molar refractivity (Wildman–Crippen MR) is 79.6 cm³/mol. The number of allylic oxidation sites excluding steroid dienone is 2. The molecule has 96 valence electrons. The monoisotopic (exact) mass is 216 g/mol. The molecule has 0 aliphatic rings. The van der Waals surface area contributed by atoms with Crippen molar-refractivity contribution in [3.05, 3.63) is 24.8 Å². The molecule has 0 aliphatic carbocycles. The van der Waals surface area contributed by atoms with Gasteiger partial charge in [0.15, 0.2) is 0 Å². The summed E-state index contributed by atoms with van der Waals surface area (Å²) in [5, 5.41) is 0. The molecule has 15 heavy (non-hydrogen) atoms. The second-order valence-electron chi connectivity index (χ2n) is 2.16. The van der Waals surface area contributed by atoms with E-state index in [0.717, 1.165) is 6.42 Å². The van der Waals surface area contributed by atoms with Crippen LogP contribution in [-0.4, -0.2) is 0 Å². The molecule has 0 aromatic carbocycles. The van der Waals surface area contributed by atoms with Crippen molar-refractivity contribution in [1.82, 2.24) is 0 Å². The molecule has 0 aromatic rings. The van der Waals surface area contributed by atoms with Crippen molar-refractivity contribution in [3.63, 3.8) is 0 Å². The van der Waals surface area contributed by atoms with E-state index in [4.69, 9.17) is 0 Å². The third-order valence-corrected chi connectivity index (χ3v) is 0.493. The van der Waals surface area contributed by atoms with Crippen LogP contribution in [0.2, 0.25) is 0 Å². The lowest BCUT2D eigenvalue weighted by Gasteiger charge is -1.82. The van der Waals surface area contributed by atoms with E-state index in [0.29, 0.717) is 0 Å². The largest absolute Gasteiger partial charge is 0.103 e. The van der Waals surface area contributed by atoms with Gasteiger partial charge in [0.1, 0.15) is 0 Å². The SMILES string of the molecule is C=CCC(=C)C.CC.CC.CC.CCC. The van der Waals surface area contributed by atoms with Gasteiger partial charge in [0, 0.05) is 0 Å². The van der Waals surface area contributed by atoms with Crippen LogP contribution in [-0.2, 0) is 0 Å². The second kappa shape index (κ2) is 69.9. The number of hydrogen-bond donors (Lipinski definition) is 0. The zero-order chi connectivity index (χ0) is 13.7. The van der Waals surface area contributed by atoms with E-state index in [1.54, 1.807) is 0 Å². The van der Waals surface area contributed by atoms with Gasteiger partial charge in [-0.2, -0.15) is 0 Å². The molecule has 0 saturated heterocycles.